The van der Waals surface area contributed by atoms with Crippen LogP contribution in [0.15, 0.2) is 18.5 Å². The maximum atomic E-state index is 11.8. The fraction of sp³-hybridized carbons (Fsp3) is 0.636. The van der Waals surface area contributed by atoms with Gasteiger partial charge in [0.2, 0.25) is 5.91 Å². The lowest BCUT2D eigenvalue weighted by Crippen LogP contribution is -2.35. The number of hydrogen-bond acceptors (Lipinski definition) is 4. The van der Waals surface area contributed by atoms with Crippen LogP contribution in [0.5, 0.6) is 0 Å². The third-order valence-corrected chi connectivity index (χ3v) is 5.03. The van der Waals surface area contributed by atoms with Gasteiger partial charge < -0.3 is 5.32 Å². The molecule has 1 aromatic heterocycles. The molecule has 0 radical (unpaired) electrons. The lowest BCUT2D eigenvalue weighted by Gasteiger charge is -2.14. The Morgan fingerprint density at radius 3 is 2.94 bits per heavy atom. The van der Waals surface area contributed by atoms with Crippen LogP contribution in [0.4, 0.5) is 0 Å². The minimum atomic E-state index is -2.88. The molecule has 1 aromatic rings. The van der Waals surface area contributed by atoms with Crippen LogP contribution in [-0.2, 0) is 14.6 Å². The van der Waals surface area contributed by atoms with E-state index >= 15 is 0 Å². The van der Waals surface area contributed by atoms with Crippen LogP contribution in [0.1, 0.15) is 19.4 Å². The average Bonchev–Trinajstić information content (AvgIpc) is 2.94. The Morgan fingerprint density at radius 1 is 1.61 bits per heavy atom. The minimum absolute atomic E-state index is 0.0452. The lowest BCUT2D eigenvalue weighted by atomic mass is 10.1. The molecule has 2 atom stereocenters. The van der Waals surface area contributed by atoms with Crippen LogP contribution < -0.4 is 5.32 Å². The predicted octanol–water partition coefficient (Wildman–Crippen LogP) is -0.00500. The average molecular weight is 271 g/mol. The largest absolute Gasteiger partial charge is 0.354 e. The van der Waals surface area contributed by atoms with Gasteiger partial charge in [-0.05, 0) is 25.3 Å². The van der Waals surface area contributed by atoms with Crippen molar-refractivity contribution in [1.29, 1.82) is 0 Å². The van der Waals surface area contributed by atoms with Gasteiger partial charge in [-0.3, -0.25) is 9.48 Å². The molecule has 7 heteroatoms. The van der Waals surface area contributed by atoms with Crippen molar-refractivity contribution in [1.82, 2.24) is 15.1 Å². The second-order valence-electron chi connectivity index (χ2n) is 4.68. The van der Waals surface area contributed by atoms with Crippen LogP contribution in [-0.4, -0.2) is 42.2 Å². The highest BCUT2D eigenvalue weighted by molar-refractivity contribution is 7.91. The van der Waals surface area contributed by atoms with Gasteiger partial charge in [0, 0.05) is 18.9 Å². The SMILES string of the molecule is C[C@@H](C(=O)NC[C@H]1CCS(=O)(=O)C1)n1cccn1. The molecule has 1 amide bonds. The van der Waals surface area contributed by atoms with Crippen molar-refractivity contribution in [3.63, 3.8) is 0 Å². The maximum absolute atomic E-state index is 11.8. The molecule has 0 spiro atoms. The quantitative estimate of drug-likeness (QED) is 0.835. The molecule has 1 aliphatic heterocycles. The highest BCUT2D eigenvalue weighted by Crippen LogP contribution is 2.17. The van der Waals surface area contributed by atoms with Gasteiger partial charge in [-0.25, -0.2) is 8.42 Å². The van der Waals surface area contributed by atoms with Crippen molar-refractivity contribution >= 4 is 15.7 Å². The van der Waals surface area contributed by atoms with Gasteiger partial charge in [-0.2, -0.15) is 5.10 Å². The topological polar surface area (TPSA) is 81.1 Å². The van der Waals surface area contributed by atoms with E-state index in [1.807, 2.05) is 0 Å². The molecule has 2 rings (SSSR count). The molecule has 0 aliphatic carbocycles. The fourth-order valence-electron chi connectivity index (χ4n) is 2.06. The summed E-state index contributed by atoms with van der Waals surface area (Å²) in [6.45, 7) is 2.18. The van der Waals surface area contributed by atoms with E-state index in [0.717, 1.165) is 0 Å². The smallest absolute Gasteiger partial charge is 0.244 e. The Balaban J connectivity index is 1.82. The van der Waals surface area contributed by atoms with E-state index in [4.69, 9.17) is 0 Å². The van der Waals surface area contributed by atoms with E-state index < -0.39 is 9.84 Å². The van der Waals surface area contributed by atoms with E-state index in [1.165, 1.54) is 0 Å². The molecule has 0 aromatic carbocycles. The first-order valence-electron chi connectivity index (χ1n) is 5.95. The predicted molar refractivity (Wildman–Crippen MR) is 66.7 cm³/mol. The number of aromatic nitrogens is 2. The molecule has 0 bridgehead atoms. The first-order chi connectivity index (χ1) is 8.48. The fourth-order valence-corrected chi connectivity index (χ4v) is 3.92. The van der Waals surface area contributed by atoms with Gasteiger partial charge in [0.1, 0.15) is 6.04 Å². The van der Waals surface area contributed by atoms with Crippen molar-refractivity contribution < 1.29 is 13.2 Å². The Kier molecular flexibility index (Phi) is 3.70. The minimum Gasteiger partial charge on any atom is -0.354 e. The van der Waals surface area contributed by atoms with E-state index in [1.54, 1.807) is 30.1 Å². The lowest BCUT2D eigenvalue weighted by molar-refractivity contribution is -0.124. The molecule has 0 saturated carbocycles. The van der Waals surface area contributed by atoms with Gasteiger partial charge in [0.05, 0.1) is 11.5 Å². The van der Waals surface area contributed by atoms with Crippen LogP contribution >= 0.6 is 0 Å². The summed E-state index contributed by atoms with van der Waals surface area (Å²) in [5.74, 6) is 0.331. The first kappa shape index (κ1) is 13.1. The molecule has 0 unspecified atom stereocenters. The van der Waals surface area contributed by atoms with Gasteiger partial charge in [0.15, 0.2) is 9.84 Å². The summed E-state index contributed by atoms with van der Waals surface area (Å²) in [6.07, 6.45) is 3.98. The number of carbonyl (C=O) groups excluding carboxylic acids is 1. The normalized spacial score (nSPS) is 23.7. The van der Waals surface area contributed by atoms with E-state index in [9.17, 15) is 13.2 Å². The number of rotatable bonds is 4. The second-order valence-corrected chi connectivity index (χ2v) is 6.90. The first-order valence-corrected chi connectivity index (χ1v) is 7.77. The monoisotopic (exact) mass is 271 g/mol. The number of nitrogens with zero attached hydrogens (tertiary/aromatic N) is 2. The third kappa shape index (κ3) is 3.10. The zero-order valence-electron chi connectivity index (χ0n) is 10.2. The van der Waals surface area contributed by atoms with Crippen molar-refractivity contribution in [3.05, 3.63) is 18.5 Å². The van der Waals surface area contributed by atoms with Crippen LogP contribution in [0.2, 0.25) is 0 Å². The molecule has 1 aliphatic rings. The van der Waals surface area contributed by atoms with Crippen molar-refractivity contribution in [2.24, 2.45) is 5.92 Å². The van der Waals surface area contributed by atoms with Crippen LogP contribution in [0.25, 0.3) is 0 Å². The van der Waals surface area contributed by atoms with Gasteiger partial charge >= 0.3 is 0 Å². The van der Waals surface area contributed by atoms with Crippen molar-refractivity contribution in [2.75, 3.05) is 18.1 Å². The molecule has 18 heavy (non-hydrogen) atoms. The molecule has 100 valence electrons. The Bertz CT molecular complexity index is 510. The van der Waals surface area contributed by atoms with Gasteiger partial charge in [0.25, 0.3) is 0 Å². The summed E-state index contributed by atoms with van der Waals surface area (Å²) in [6, 6.07) is 1.38. The summed E-state index contributed by atoms with van der Waals surface area (Å²) >= 11 is 0. The summed E-state index contributed by atoms with van der Waals surface area (Å²) < 4.78 is 24.1. The van der Waals surface area contributed by atoms with Crippen LogP contribution in [0, 0.1) is 5.92 Å². The standard InChI is InChI=1S/C11H17N3O3S/c1-9(14-5-2-4-13-14)11(15)12-7-10-3-6-18(16,17)8-10/h2,4-5,9-10H,3,6-8H2,1H3,(H,12,15)/t9-,10+/m0/s1. The Morgan fingerprint density at radius 2 is 2.39 bits per heavy atom. The highest BCUT2D eigenvalue weighted by Gasteiger charge is 2.28. The Hall–Kier alpha value is -1.37. The van der Waals surface area contributed by atoms with E-state index in [2.05, 4.69) is 10.4 Å². The summed E-state index contributed by atoms with van der Waals surface area (Å²) in [7, 11) is -2.88. The van der Waals surface area contributed by atoms with Gasteiger partial charge in [-0.1, -0.05) is 0 Å². The van der Waals surface area contributed by atoms with Crippen molar-refractivity contribution in [2.45, 2.75) is 19.4 Å². The van der Waals surface area contributed by atoms with E-state index in [-0.39, 0.29) is 29.4 Å². The van der Waals surface area contributed by atoms with Crippen LogP contribution in [0.3, 0.4) is 0 Å². The number of nitrogens with one attached hydrogen (secondary N) is 1. The second kappa shape index (κ2) is 5.09. The van der Waals surface area contributed by atoms with E-state index in [0.29, 0.717) is 13.0 Å². The molecule has 1 N–H and O–H groups in total. The summed E-state index contributed by atoms with van der Waals surface area (Å²) in [5.41, 5.74) is 0. The Labute approximate surface area is 106 Å². The molecule has 1 saturated heterocycles. The highest BCUT2D eigenvalue weighted by atomic mass is 32.2. The number of sulfone groups is 1. The maximum Gasteiger partial charge on any atom is 0.244 e. The number of carbonyl (C=O) groups is 1. The number of amides is 1. The summed E-state index contributed by atoms with van der Waals surface area (Å²) in [4.78, 5) is 11.8. The molecular weight excluding hydrogens is 254 g/mol. The zero-order valence-corrected chi connectivity index (χ0v) is 11.1. The number of hydrogen-bond donors (Lipinski definition) is 1. The molecule has 2 heterocycles. The molecular formula is C11H17N3O3S. The molecule has 1 fully saturated rings. The van der Waals surface area contributed by atoms with Gasteiger partial charge in [-0.15, -0.1) is 0 Å². The zero-order chi connectivity index (χ0) is 13.2. The summed E-state index contributed by atoms with van der Waals surface area (Å²) in [5, 5.41) is 6.79. The third-order valence-electron chi connectivity index (χ3n) is 3.19. The van der Waals surface area contributed by atoms with Crippen molar-refractivity contribution in [3.8, 4) is 0 Å². The molecule has 6 nitrogen and oxygen atoms in total.